The summed E-state index contributed by atoms with van der Waals surface area (Å²) < 4.78 is 15.7. The van der Waals surface area contributed by atoms with Gasteiger partial charge in [0.1, 0.15) is 12.1 Å². The van der Waals surface area contributed by atoms with Crippen LogP contribution in [0.4, 0.5) is 4.39 Å². The fraction of sp³-hybridized carbons (Fsp3) is 0.167. The number of benzene rings is 1. The van der Waals surface area contributed by atoms with Gasteiger partial charge in [-0.1, -0.05) is 18.2 Å². The molecule has 0 N–H and O–H groups in total. The van der Waals surface area contributed by atoms with Crippen LogP contribution >= 0.6 is 0 Å². The molecular formula is C12H11FN2O. The number of nitrogens with zero attached hydrogens (tertiary/aromatic N) is 2. The molecule has 0 amide bonds. The molecule has 4 heteroatoms. The number of halogens is 1. The van der Waals surface area contributed by atoms with E-state index in [0.717, 1.165) is 0 Å². The van der Waals surface area contributed by atoms with E-state index in [1.54, 1.807) is 42.2 Å². The van der Waals surface area contributed by atoms with Crippen LogP contribution in [0.2, 0.25) is 0 Å². The van der Waals surface area contributed by atoms with E-state index in [1.807, 2.05) is 0 Å². The van der Waals surface area contributed by atoms with Crippen LogP contribution in [-0.2, 0) is 7.05 Å². The van der Waals surface area contributed by atoms with Crippen molar-refractivity contribution in [3.05, 3.63) is 53.6 Å². The van der Waals surface area contributed by atoms with Crippen LogP contribution in [0.5, 0.6) is 0 Å². The zero-order valence-electron chi connectivity index (χ0n) is 8.80. The van der Waals surface area contributed by atoms with E-state index in [4.69, 9.17) is 0 Å². The number of aromatic nitrogens is 2. The van der Waals surface area contributed by atoms with E-state index < -0.39 is 6.17 Å². The molecule has 0 saturated carbocycles. The number of hydrogen-bond acceptors (Lipinski definition) is 2. The van der Waals surface area contributed by atoms with Crippen LogP contribution in [0.15, 0.2) is 36.7 Å². The third-order valence-corrected chi connectivity index (χ3v) is 2.42. The van der Waals surface area contributed by atoms with Gasteiger partial charge in [-0.25, -0.2) is 9.37 Å². The van der Waals surface area contributed by atoms with Gasteiger partial charge in [0.15, 0.2) is 6.17 Å². The average Bonchev–Trinajstić information content (AvgIpc) is 2.74. The van der Waals surface area contributed by atoms with Crippen LogP contribution in [0.3, 0.4) is 0 Å². The van der Waals surface area contributed by atoms with Gasteiger partial charge in [0, 0.05) is 25.0 Å². The molecule has 0 aliphatic carbocycles. The normalized spacial score (nSPS) is 12.4. The topological polar surface area (TPSA) is 34.9 Å². The fourth-order valence-electron chi connectivity index (χ4n) is 1.56. The summed E-state index contributed by atoms with van der Waals surface area (Å²) in [5, 5.41) is 0. The van der Waals surface area contributed by atoms with E-state index in [9.17, 15) is 9.18 Å². The van der Waals surface area contributed by atoms with Crippen molar-refractivity contribution in [2.45, 2.75) is 6.17 Å². The Morgan fingerprint density at radius 2 is 2.31 bits per heavy atom. The van der Waals surface area contributed by atoms with Crippen LogP contribution in [0.1, 0.15) is 27.9 Å². The Balaban J connectivity index is 2.37. The van der Waals surface area contributed by atoms with Gasteiger partial charge in [0.2, 0.25) is 0 Å². The molecule has 2 aromatic rings. The lowest BCUT2D eigenvalue weighted by atomic mass is 10.1. The predicted octanol–water partition coefficient (Wildman–Crippen LogP) is 2.29. The maximum absolute atomic E-state index is 14.1. The molecule has 0 fully saturated rings. The Kier molecular flexibility index (Phi) is 2.81. The first-order valence-corrected chi connectivity index (χ1v) is 4.89. The molecule has 1 heterocycles. The van der Waals surface area contributed by atoms with Crippen molar-refractivity contribution >= 4 is 6.29 Å². The van der Waals surface area contributed by atoms with E-state index in [-0.39, 0.29) is 0 Å². The standard InChI is InChI=1S/C12H11FN2O/c1-15-6-5-14-12(15)11(13)10-4-2-3-9(7-10)8-16/h2-8,11H,1H3. The largest absolute Gasteiger partial charge is 0.335 e. The van der Waals surface area contributed by atoms with Crippen LogP contribution < -0.4 is 0 Å². The van der Waals surface area contributed by atoms with Gasteiger partial charge in [-0.2, -0.15) is 0 Å². The molecule has 1 aromatic carbocycles. The van der Waals surface area contributed by atoms with Crippen molar-refractivity contribution in [2.75, 3.05) is 0 Å². The van der Waals surface area contributed by atoms with Gasteiger partial charge in [-0.05, 0) is 11.6 Å². The Hall–Kier alpha value is -1.97. The maximum Gasteiger partial charge on any atom is 0.183 e. The first-order chi connectivity index (χ1) is 7.72. The van der Waals surface area contributed by atoms with Crippen molar-refractivity contribution in [1.29, 1.82) is 0 Å². The molecular weight excluding hydrogens is 207 g/mol. The number of carbonyl (C=O) groups is 1. The quantitative estimate of drug-likeness (QED) is 0.741. The molecule has 0 bridgehead atoms. The molecule has 82 valence electrons. The minimum absolute atomic E-state index is 0.336. The summed E-state index contributed by atoms with van der Waals surface area (Å²) in [6.07, 6.45) is 2.63. The first-order valence-electron chi connectivity index (χ1n) is 4.89. The molecule has 1 aromatic heterocycles. The van der Waals surface area contributed by atoms with E-state index >= 15 is 0 Å². The number of aldehydes is 1. The monoisotopic (exact) mass is 218 g/mol. The predicted molar refractivity (Wildman–Crippen MR) is 58.0 cm³/mol. The Morgan fingerprint density at radius 3 is 2.94 bits per heavy atom. The number of hydrogen-bond donors (Lipinski definition) is 0. The minimum atomic E-state index is -1.31. The molecule has 16 heavy (non-hydrogen) atoms. The summed E-state index contributed by atoms with van der Waals surface area (Å²) in [6.45, 7) is 0. The summed E-state index contributed by atoms with van der Waals surface area (Å²) in [4.78, 5) is 14.5. The number of aryl methyl sites for hydroxylation is 1. The van der Waals surface area contributed by atoms with Crippen LogP contribution in [0, 0.1) is 0 Å². The highest BCUT2D eigenvalue weighted by Gasteiger charge is 2.16. The zero-order valence-corrected chi connectivity index (χ0v) is 8.80. The lowest BCUT2D eigenvalue weighted by molar-refractivity contribution is 0.112. The highest BCUT2D eigenvalue weighted by atomic mass is 19.1. The SMILES string of the molecule is Cn1ccnc1C(F)c1cccc(C=O)c1. The van der Waals surface area contributed by atoms with Gasteiger partial charge in [-0.3, -0.25) is 4.79 Å². The van der Waals surface area contributed by atoms with Gasteiger partial charge in [0.25, 0.3) is 0 Å². The molecule has 0 radical (unpaired) electrons. The van der Waals surface area contributed by atoms with Crippen LogP contribution in [0.25, 0.3) is 0 Å². The third-order valence-electron chi connectivity index (χ3n) is 2.42. The third kappa shape index (κ3) is 1.86. The summed E-state index contributed by atoms with van der Waals surface area (Å²) >= 11 is 0. The lowest BCUT2D eigenvalue weighted by Gasteiger charge is -2.08. The first kappa shape index (κ1) is 10.5. The Morgan fingerprint density at radius 1 is 1.50 bits per heavy atom. The summed E-state index contributed by atoms with van der Waals surface area (Å²) in [5.41, 5.74) is 0.910. The van der Waals surface area contributed by atoms with Gasteiger partial charge in [-0.15, -0.1) is 0 Å². The summed E-state index contributed by atoms with van der Waals surface area (Å²) in [6, 6.07) is 6.48. The van der Waals surface area contributed by atoms with Crippen LogP contribution in [-0.4, -0.2) is 15.8 Å². The smallest absolute Gasteiger partial charge is 0.183 e. The van der Waals surface area contributed by atoms with Crippen molar-refractivity contribution in [3.63, 3.8) is 0 Å². The van der Waals surface area contributed by atoms with Gasteiger partial charge >= 0.3 is 0 Å². The number of carbonyl (C=O) groups excluding carboxylic acids is 1. The second kappa shape index (κ2) is 4.26. The van der Waals surface area contributed by atoms with E-state index in [0.29, 0.717) is 23.2 Å². The van der Waals surface area contributed by atoms with Crippen molar-refractivity contribution < 1.29 is 9.18 Å². The highest BCUT2D eigenvalue weighted by molar-refractivity contribution is 5.75. The summed E-state index contributed by atoms with van der Waals surface area (Å²) in [7, 11) is 1.73. The second-order valence-electron chi connectivity index (χ2n) is 3.55. The van der Waals surface area contributed by atoms with Crippen molar-refractivity contribution in [2.24, 2.45) is 7.05 Å². The van der Waals surface area contributed by atoms with E-state index in [1.165, 1.54) is 6.07 Å². The molecule has 1 atom stereocenters. The summed E-state index contributed by atoms with van der Waals surface area (Å²) in [5.74, 6) is 0.336. The second-order valence-corrected chi connectivity index (χ2v) is 3.55. The Labute approximate surface area is 92.5 Å². The van der Waals surface area contributed by atoms with Gasteiger partial charge < -0.3 is 4.57 Å². The van der Waals surface area contributed by atoms with Gasteiger partial charge in [0.05, 0.1) is 0 Å². The molecule has 0 aliphatic heterocycles. The van der Waals surface area contributed by atoms with Crippen molar-refractivity contribution in [3.8, 4) is 0 Å². The number of imidazole rings is 1. The zero-order chi connectivity index (χ0) is 11.5. The molecule has 2 rings (SSSR count). The number of alkyl halides is 1. The maximum atomic E-state index is 14.1. The minimum Gasteiger partial charge on any atom is -0.335 e. The van der Waals surface area contributed by atoms with Crippen molar-refractivity contribution in [1.82, 2.24) is 9.55 Å². The lowest BCUT2D eigenvalue weighted by Crippen LogP contribution is -2.03. The molecule has 3 nitrogen and oxygen atoms in total. The molecule has 1 unspecified atom stereocenters. The Bertz CT molecular complexity index is 507. The highest BCUT2D eigenvalue weighted by Crippen LogP contribution is 2.24. The molecule has 0 aliphatic rings. The molecule has 0 saturated heterocycles. The molecule has 0 spiro atoms. The number of rotatable bonds is 3. The average molecular weight is 218 g/mol. The van der Waals surface area contributed by atoms with E-state index in [2.05, 4.69) is 4.98 Å². The fourth-order valence-corrected chi connectivity index (χ4v) is 1.56.